The molecule has 5 rings (SSSR count). The highest BCUT2D eigenvalue weighted by Gasteiger charge is 2.63. The van der Waals surface area contributed by atoms with Crippen molar-refractivity contribution >= 4 is 5.90 Å². The third-order valence-corrected chi connectivity index (χ3v) is 6.55. The number of aliphatic imine (C=N–C) groups is 1. The van der Waals surface area contributed by atoms with E-state index in [1.165, 1.54) is 16.7 Å². The lowest BCUT2D eigenvalue weighted by Crippen LogP contribution is -2.40. The Morgan fingerprint density at radius 2 is 1.29 bits per heavy atom. The molecule has 0 aliphatic carbocycles. The summed E-state index contributed by atoms with van der Waals surface area (Å²) in [7, 11) is 0. The second kappa shape index (κ2) is 7.65. The van der Waals surface area contributed by atoms with Gasteiger partial charge >= 0.3 is 0 Å². The first-order chi connectivity index (χ1) is 15.1. The van der Waals surface area contributed by atoms with Crippen molar-refractivity contribution in [3.63, 3.8) is 0 Å². The summed E-state index contributed by atoms with van der Waals surface area (Å²) in [6.07, 6.45) is 1.04. The van der Waals surface area contributed by atoms with E-state index in [1.807, 2.05) is 0 Å². The van der Waals surface area contributed by atoms with Crippen LogP contribution in [0.15, 0.2) is 96.0 Å². The van der Waals surface area contributed by atoms with Gasteiger partial charge in [-0.05, 0) is 37.0 Å². The number of rotatable bonds is 6. The van der Waals surface area contributed by atoms with Gasteiger partial charge in [-0.2, -0.15) is 0 Å². The van der Waals surface area contributed by atoms with Crippen LogP contribution in [0.25, 0.3) is 0 Å². The molecule has 3 nitrogen and oxygen atoms in total. The van der Waals surface area contributed by atoms with Crippen LogP contribution in [0.4, 0.5) is 0 Å². The Hall–Kier alpha value is -2.91. The maximum atomic E-state index is 6.17. The molecule has 0 amide bonds. The Morgan fingerprint density at radius 1 is 0.839 bits per heavy atom. The number of hydrogen-bond acceptors (Lipinski definition) is 3. The van der Waals surface area contributed by atoms with Gasteiger partial charge in [-0.1, -0.05) is 97.9 Å². The highest BCUT2D eigenvalue weighted by molar-refractivity contribution is 5.88. The third-order valence-electron chi connectivity index (χ3n) is 6.55. The third kappa shape index (κ3) is 3.28. The molecular formula is C28H30N2O. The maximum absolute atomic E-state index is 6.17. The van der Waals surface area contributed by atoms with Crippen molar-refractivity contribution in [3.8, 4) is 0 Å². The summed E-state index contributed by atoms with van der Waals surface area (Å²) in [6.45, 7) is 7.21. The molecule has 2 aliphatic heterocycles. The second-order valence-corrected chi connectivity index (χ2v) is 9.19. The fourth-order valence-corrected chi connectivity index (χ4v) is 5.19. The van der Waals surface area contributed by atoms with E-state index in [0.29, 0.717) is 12.6 Å². The summed E-state index contributed by atoms with van der Waals surface area (Å²) in [6, 6.07) is 33.2. The fourth-order valence-electron chi connectivity index (χ4n) is 5.19. The molecule has 0 aromatic heterocycles. The van der Waals surface area contributed by atoms with Crippen molar-refractivity contribution in [3.05, 3.63) is 108 Å². The normalized spacial score (nSPS) is 24.4. The SMILES string of the molecule is CC[C@H]1[C@@H](C2=NC(C)(C)CO2)N1C(c1ccccc1)(c1ccccc1)c1ccccc1. The van der Waals surface area contributed by atoms with Gasteiger partial charge in [0.15, 0.2) is 0 Å². The lowest BCUT2D eigenvalue weighted by molar-refractivity contribution is 0.262. The minimum Gasteiger partial charge on any atom is -0.477 e. The fraction of sp³-hybridized carbons (Fsp3) is 0.321. The quantitative estimate of drug-likeness (QED) is 0.387. The van der Waals surface area contributed by atoms with Crippen LogP contribution in [-0.4, -0.2) is 35.0 Å². The minimum absolute atomic E-state index is 0.156. The van der Waals surface area contributed by atoms with Gasteiger partial charge in [-0.3, -0.25) is 4.90 Å². The van der Waals surface area contributed by atoms with Gasteiger partial charge in [-0.25, -0.2) is 4.99 Å². The highest BCUT2D eigenvalue weighted by atomic mass is 16.5. The van der Waals surface area contributed by atoms with E-state index in [2.05, 4.69) is 117 Å². The number of nitrogens with zero attached hydrogens (tertiary/aromatic N) is 2. The molecular weight excluding hydrogens is 380 g/mol. The second-order valence-electron chi connectivity index (χ2n) is 9.19. The predicted octanol–water partition coefficient (Wildman–Crippen LogP) is 5.65. The summed E-state index contributed by atoms with van der Waals surface area (Å²) < 4.78 is 6.17. The lowest BCUT2D eigenvalue weighted by atomic mass is 9.76. The van der Waals surface area contributed by atoms with Gasteiger partial charge in [0.1, 0.15) is 12.6 Å². The molecule has 2 aliphatic rings. The Kier molecular flexibility index (Phi) is 4.94. The van der Waals surface area contributed by atoms with E-state index in [4.69, 9.17) is 9.73 Å². The van der Waals surface area contributed by atoms with Crippen LogP contribution in [0.5, 0.6) is 0 Å². The zero-order valence-corrected chi connectivity index (χ0v) is 18.5. The summed E-state index contributed by atoms with van der Waals surface area (Å²) in [4.78, 5) is 7.60. The topological polar surface area (TPSA) is 24.6 Å². The van der Waals surface area contributed by atoms with Gasteiger partial charge in [0.2, 0.25) is 5.90 Å². The smallest absolute Gasteiger partial charge is 0.203 e. The molecule has 0 bridgehead atoms. The molecule has 1 saturated heterocycles. The Morgan fingerprint density at radius 3 is 1.65 bits per heavy atom. The molecule has 0 saturated carbocycles. The molecule has 3 heteroatoms. The summed E-state index contributed by atoms with van der Waals surface area (Å²) in [5, 5.41) is 0. The van der Waals surface area contributed by atoms with Gasteiger partial charge in [0, 0.05) is 6.04 Å². The number of ether oxygens (including phenoxy) is 1. The molecule has 31 heavy (non-hydrogen) atoms. The number of hydrogen-bond donors (Lipinski definition) is 0. The van der Waals surface area contributed by atoms with Crippen LogP contribution in [-0.2, 0) is 10.3 Å². The minimum atomic E-state index is -0.409. The average molecular weight is 411 g/mol. The maximum Gasteiger partial charge on any atom is 0.203 e. The van der Waals surface area contributed by atoms with Gasteiger partial charge < -0.3 is 4.74 Å². The van der Waals surface area contributed by atoms with E-state index in [9.17, 15) is 0 Å². The standard InChI is InChI=1S/C28H30N2O/c1-4-24-25(26-29-27(2,3)20-31-26)30(24)28(21-14-8-5-9-15-21,22-16-10-6-11-17-22)23-18-12-7-13-19-23/h5-19,24-25H,4,20H2,1-3H3/t24-,25-,30?/m0/s1. The van der Waals surface area contributed by atoms with Gasteiger partial charge in [-0.15, -0.1) is 0 Å². The van der Waals surface area contributed by atoms with Crippen molar-refractivity contribution in [1.82, 2.24) is 4.90 Å². The van der Waals surface area contributed by atoms with E-state index in [1.54, 1.807) is 0 Å². The molecule has 3 aromatic rings. The molecule has 3 aromatic carbocycles. The Labute approximate surface area is 185 Å². The zero-order chi connectivity index (χ0) is 21.5. The Bertz CT molecular complexity index is 963. The van der Waals surface area contributed by atoms with Crippen molar-refractivity contribution < 1.29 is 4.74 Å². The molecule has 0 spiro atoms. The zero-order valence-electron chi connectivity index (χ0n) is 18.5. The van der Waals surface area contributed by atoms with Gasteiger partial charge in [0.25, 0.3) is 0 Å². The monoisotopic (exact) mass is 410 g/mol. The highest BCUT2D eigenvalue weighted by Crippen LogP contribution is 2.53. The molecule has 158 valence electrons. The molecule has 0 radical (unpaired) electrons. The van der Waals surface area contributed by atoms with Crippen LogP contribution < -0.4 is 0 Å². The van der Waals surface area contributed by atoms with Crippen LogP contribution in [0.2, 0.25) is 0 Å². The first-order valence-corrected chi connectivity index (χ1v) is 11.3. The van der Waals surface area contributed by atoms with Crippen LogP contribution in [0.1, 0.15) is 43.9 Å². The van der Waals surface area contributed by atoms with E-state index in [0.717, 1.165) is 12.3 Å². The van der Waals surface area contributed by atoms with Crippen molar-refractivity contribution in [2.45, 2.75) is 50.4 Å². The molecule has 2 heterocycles. The average Bonchev–Trinajstić information content (AvgIpc) is 3.43. The number of benzene rings is 3. The first-order valence-electron chi connectivity index (χ1n) is 11.3. The predicted molar refractivity (Wildman–Crippen MR) is 126 cm³/mol. The molecule has 1 fully saturated rings. The summed E-state index contributed by atoms with van der Waals surface area (Å²) in [5.41, 5.74) is 3.24. The van der Waals surface area contributed by atoms with Crippen LogP contribution in [0.3, 0.4) is 0 Å². The van der Waals surface area contributed by atoms with E-state index in [-0.39, 0.29) is 11.6 Å². The van der Waals surface area contributed by atoms with Crippen LogP contribution in [0, 0.1) is 0 Å². The first kappa shape index (κ1) is 20.0. The molecule has 0 N–H and O–H groups in total. The van der Waals surface area contributed by atoms with Crippen molar-refractivity contribution in [2.75, 3.05) is 6.61 Å². The van der Waals surface area contributed by atoms with Crippen molar-refractivity contribution in [2.24, 2.45) is 4.99 Å². The molecule has 3 atom stereocenters. The largest absolute Gasteiger partial charge is 0.477 e. The summed E-state index contributed by atoms with van der Waals surface area (Å²) in [5.74, 6) is 0.893. The van der Waals surface area contributed by atoms with Gasteiger partial charge in [0.05, 0.1) is 11.1 Å². The van der Waals surface area contributed by atoms with E-state index >= 15 is 0 Å². The molecule has 1 unspecified atom stereocenters. The Balaban J connectivity index is 1.75. The van der Waals surface area contributed by atoms with Crippen LogP contribution >= 0.6 is 0 Å². The summed E-state index contributed by atoms with van der Waals surface area (Å²) >= 11 is 0. The lowest BCUT2D eigenvalue weighted by Gasteiger charge is -2.38. The van der Waals surface area contributed by atoms with Crippen molar-refractivity contribution in [1.29, 1.82) is 0 Å². The van der Waals surface area contributed by atoms with E-state index < -0.39 is 5.54 Å².